The number of aromatic nitrogens is 2. The average molecular weight is 250 g/mol. The van der Waals surface area contributed by atoms with Crippen LogP contribution in [0.4, 0.5) is 11.8 Å². The molecule has 1 unspecified atom stereocenters. The number of nitrogens with one attached hydrogen (secondary N) is 1. The van der Waals surface area contributed by atoms with Crippen LogP contribution in [0.15, 0.2) is 6.20 Å². The van der Waals surface area contributed by atoms with E-state index >= 15 is 0 Å². The van der Waals surface area contributed by atoms with Gasteiger partial charge in [0.25, 0.3) is 0 Å². The fourth-order valence-corrected chi connectivity index (χ4v) is 1.75. The summed E-state index contributed by atoms with van der Waals surface area (Å²) in [6.07, 6.45) is 2.97. The van der Waals surface area contributed by atoms with Crippen LogP contribution >= 0.6 is 0 Å². The van der Waals surface area contributed by atoms with Gasteiger partial charge in [-0.2, -0.15) is 4.98 Å². The lowest BCUT2D eigenvalue weighted by molar-refractivity contribution is 0.502. The van der Waals surface area contributed by atoms with Crippen LogP contribution in [0.25, 0.3) is 0 Å². The largest absolute Gasteiger partial charge is 0.356 e. The van der Waals surface area contributed by atoms with E-state index in [4.69, 9.17) is 0 Å². The number of hydrogen-bond donors (Lipinski definition) is 1. The smallest absolute Gasteiger partial charge is 0.224 e. The molecule has 0 aliphatic heterocycles. The van der Waals surface area contributed by atoms with Crippen LogP contribution in [0.1, 0.15) is 39.7 Å². The second-order valence-electron chi connectivity index (χ2n) is 5.22. The molecule has 1 heterocycles. The Morgan fingerprint density at radius 2 is 2.00 bits per heavy atom. The Bertz CT molecular complexity index is 376. The Morgan fingerprint density at radius 1 is 1.33 bits per heavy atom. The molecule has 0 fully saturated rings. The van der Waals surface area contributed by atoms with E-state index in [0.717, 1.165) is 30.3 Å². The van der Waals surface area contributed by atoms with Gasteiger partial charge < -0.3 is 10.2 Å². The SMILES string of the molecule is CCCNc1ncc(C)c(N(C)C(C)C(C)C)n1. The lowest BCUT2D eigenvalue weighted by Gasteiger charge is -2.30. The predicted molar refractivity (Wildman–Crippen MR) is 78.3 cm³/mol. The number of anilines is 2. The Morgan fingerprint density at radius 3 is 2.56 bits per heavy atom. The molecular formula is C14H26N4. The molecule has 0 aliphatic rings. The molecule has 0 saturated carbocycles. The van der Waals surface area contributed by atoms with Crippen molar-refractivity contribution in [2.75, 3.05) is 23.8 Å². The molecular weight excluding hydrogens is 224 g/mol. The highest BCUT2D eigenvalue weighted by Gasteiger charge is 2.17. The van der Waals surface area contributed by atoms with E-state index in [1.807, 2.05) is 6.20 Å². The first-order valence-electron chi connectivity index (χ1n) is 6.77. The Kier molecular flexibility index (Phi) is 5.38. The fraction of sp³-hybridized carbons (Fsp3) is 0.714. The highest BCUT2D eigenvalue weighted by Crippen LogP contribution is 2.21. The lowest BCUT2D eigenvalue weighted by Crippen LogP contribution is -2.34. The second-order valence-corrected chi connectivity index (χ2v) is 5.22. The zero-order valence-corrected chi connectivity index (χ0v) is 12.5. The molecule has 1 aromatic heterocycles. The monoisotopic (exact) mass is 250 g/mol. The molecule has 0 bridgehead atoms. The normalized spacial score (nSPS) is 12.6. The number of nitrogens with zero attached hydrogens (tertiary/aromatic N) is 3. The van der Waals surface area contributed by atoms with E-state index in [2.05, 4.69) is 61.9 Å². The first-order valence-corrected chi connectivity index (χ1v) is 6.77. The third-order valence-electron chi connectivity index (χ3n) is 3.39. The van der Waals surface area contributed by atoms with Gasteiger partial charge in [-0.1, -0.05) is 20.8 Å². The molecule has 1 aromatic rings. The molecule has 0 amide bonds. The van der Waals surface area contributed by atoms with Crippen molar-refractivity contribution in [2.45, 2.75) is 47.1 Å². The minimum Gasteiger partial charge on any atom is -0.356 e. The van der Waals surface area contributed by atoms with Gasteiger partial charge in [0.15, 0.2) is 0 Å². The second kappa shape index (κ2) is 6.57. The van der Waals surface area contributed by atoms with Crippen LogP contribution in [0.2, 0.25) is 0 Å². The maximum Gasteiger partial charge on any atom is 0.224 e. The average Bonchev–Trinajstić information content (AvgIpc) is 2.36. The summed E-state index contributed by atoms with van der Waals surface area (Å²) in [5.74, 6) is 2.33. The summed E-state index contributed by atoms with van der Waals surface area (Å²) in [6.45, 7) is 11.8. The summed E-state index contributed by atoms with van der Waals surface area (Å²) < 4.78 is 0. The van der Waals surface area contributed by atoms with Crippen LogP contribution in [0.5, 0.6) is 0 Å². The summed E-state index contributed by atoms with van der Waals surface area (Å²) in [5.41, 5.74) is 1.12. The van der Waals surface area contributed by atoms with E-state index in [9.17, 15) is 0 Å². The van der Waals surface area contributed by atoms with Gasteiger partial charge in [-0.05, 0) is 26.2 Å². The molecule has 0 spiro atoms. The van der Waals surface area contributed by atoms with Crippen molar-refractivity contribution in [1.29, 1.82) is 0 Å². The van der Waals surface area contributed by atoms with Crippen LogP contribution in [0, 0.1) is 12.8 Å². The van der Waals surface area contributed by atoms with E-state index in [-0.39, 0.29) is 0 Å². The number of aryl methyl sites for hydroxylation is 1. The number of rotatable bonds is 6. The molecule has 0 aliphatic carbocycles. The van der Waals surface area contributed by atoms with Gasteiger partial charge in [0.2, 0.25) is 5.95 Å². The molecule has 0 saturated heterocycles. The predicted octanol–water partition coefficient (Wildman–Crippen LogP) is 3.09. The number of hydrogen-bond acceptors (Lipinski definition) is 4. The minimum absolute atomic E-state index is 0.456. The molecule has 4 heteroatoms. The quantitative estimate of drug-likeness (QED) is 0.842. The van der Waals surface area contributed by atoms with Crippen LogP contribution in [-0.2, 0) is 0 Å². The van der Waals surface area contributed by atoms with Crippen LogP contribution < -0.4 is 10.2 Å². The summed E-state index contributed by atoms with van der Waals surface area (Å²) in [6, 6.07) is 0.456. The molecule has 1 atom stereocenters. The summed E-state index contributed by atoms with van der Waals surface area (Å²) in [7, 11) is 2.10. The Hall–Kier alpha value is -1.32. The molecule has 102 valence electrons. The zero-order valence-electron chi connectivity index (χ0n) is 12.5. The van der Waals surface area contributed by atoms with Crippen molar-refractivity contribution in [1.82, 2.24) is 9.97 Å². The van der Waals surface area contributed by atoms with E-state index in [1.165, 1.54) is 0 Å². The standard InChI is InChI=1S/C14H26N4/c1-7-8-15-14-16-9-11(4)13(17-14)18(6)12(5)10(2)3/h9-10,12H,7-8H2,1-6H3,(H,15,16,17). The van der Waals surface area contributed by atoms with E-state index in [0.29, 0.717) is 12.0 Å². The summed E-state index contributed by atoms with van der Waals surface area (Å²) in [5, 5.41) is 3.24. The van der Waals surface area contributed by atoms with Crippen molar-refractivity contribution < 1.29 is 0 Å². The van der Waals surface area contributed by atoms with Crippen molar-refractivity contribution in [2.24, 2.45) is 5.92 Å². The minimum atomic E-state index is 0.456. The van der Waals surface area contributed by atoms with Gasteiger partial charge in [-0.3, -0.25) is 0 Å². The van der Waals surface area contributed by atoms with Crippen LogP contribution in [-0.4, -0.2) is 29.6 Å². The van der Waals surface area contributed by atoms with Gasteiger partial charge in [-0.15, -0.1) is 0 Å². The maximum absolute atomic E-state index is 4.62. The molecule has 1 rings (SSSR count). The van der Waals surface area contributed by atoms with Gasteiger partial charge in [0.05, 0.1) is 0 Å². The van der Waals surface area contributed by atoms with Crippen molar-refractivity contribution >= 4 is 11.8 Å². The maximum atomic E-state index is 4.62. The molecule has 4 nitrogen and oxygen atoms in total. The lowest BCUT2D eigenvalue weighted by atomic mass is 10.1. The van der Waals surface area contributed by atoms with Gasteiger partial charge in [-0.25, -0.2) is 4.98 Å². The molecule has 0 radical (unpaired) electrons. The van der Waals surface area contributed by atoms with Crippen molar-refractivity contribution in [3.8, 4) is 0 Å². The van der Waals surface area contributed by atoms with Gasteiger partial charge in [0, 0.05) is 31.4 Å². The third-order valence-corrected chi connectivity index (χ3v) is 3.39. The highest BCUT2D eigenvalue weighted by atomic mass is 15.2. The fourth-order valence-electron chi connectivity index (χ4n) is 1.75. The van der Waals surface area contributed by atoms with Crippen LogP contribution in [0.3, 0.4) is 0 Å². The molecule has 18 heavy (non-hydrogen) atoms. The van der Waals surface area contributed by atoms with Gasteiger partial charge >= 0.3 is 0 Å². The zero-order chi connectivity index (χ0) is 13.7. The summed E-state index contributed by atoms with van der Waals surface area (Å²) in [4.78, 5) is 11.2. The van der Waals surface area contributed by atoms with E-state index < -0.39 is 0 Å². The first kappa shape index (κ1) is 14.7. The van der Waals surface area contributed by atoms with E-state index in [1.54, 1.807) is 0 Å². The molecule has 1 N–H and O–H groups in total. The topological polar surface area (TPSA) is 41.1 Å². The first-order chi connectivity index (χ1) is 8.47. The summed E-state index contributed by atoms with van der Waals surface area (Å²) >= 11 is 0. The Labute approximate surface area is 111 Å². The van der Waals surface area contributed by atoms with Crippen molar-refractivity contribution in [3.05, 3.63) is 11.8 Å². The third kappa shape index (κ3) is 3.59. The van der Waals surface area contributed by atoms with Crippen molar-refractivity contribution in [3.63, 3.8) is 0 Å². The highest BCUT2D eigenvalue weighted by molar-refractivity contribution is 5.49. The Balaban J connectivity index is 2.92. The van der Waals surface area contributed by atoms with Gasteiger partial charge in [0.1, 0.15) is 5.82 Å². The molecule has 0 aromatic carbocycles.